The van der Waals surface area contributed by atoms with Crippen LogP contribution in [-0.4, -0.2) is 0 Å². The quantitative estimate of drug-likeness (QED) is 0.431. The molecule has 0 fully saturated rings. The summed E-state index contributed by atoms with van der Waals surface area (Å²) in [4.78, 5) is 0. The van der Waals surface area contributed by atoms with E-state index in [1.807, 2.05) is 12.1 Å². The number of nitrogens with zero attached hydrogens (tertiary/aromatic N) is 2. The molecule has 0 spiro atoms. The lowest BCUT2D eigenvalue weighted by molar-refractivity contribution is 0.686. The van der Waals surface area contributed by atoms with Crippen LogP contribution in [0.15, 0.2) is 0 Å². The fraction of sp³-hybridized carbons (Fsp3) is 0.500. The van der Waals surface area contributed by atoms with Crippen LogP contribution in [0.5, 0.6) is 0 Å². The minimum absolute atomic E-state index is 0.478. The maximum Gasteiger partial charge on any atom is 0.133 e. The molecule has 0 radical (unpaired) electrons. The first-order valence-electron chi connectivity index (χ1n) is 3.08. The van der Waals surface area contributed by atoms with Crippen LogP contribution in [0.2, 0.25) is 0 Å². The van der Waals surface area contributed by atoms with Crippen LogP contribution in [0, 0.1) is 40.9 Å². The van der Waals surface area contributed by atoms with E-state index in [9.17, 15) is 0 Å². The van der Waals surface area contributed by atoms with Gasteiger partial charge in [0.2, 0.25) is 0 Å². The molecule has 0 aliphatic heterocycles. The average Bonchev–Trinajstić information content (AvgIpc) is 1.99. The van der Waals surface area contributed by atoms with Crippen molar-refractivity contribution in [1.29, 1.82) is 10.5 Å². The molecule has 0 saturated carbocycles. The second kappa shape index (κ2) is 5.67. The second-order valence-corrected chi connectivity index (χ2v) is 1.91. The van der Waals surface area contributed by atoms with Gasteiger partial charge in [0.25, 0.3) is 0 Å². The van der Waals surface area contributed by atoms with Crippen molar-refractivity contribution in [3.8, 4) is 24.5 Å². The van der Waals surface area contributed by atoms with Gasteiger partial charge in [-0.15, -0.1) is 12.3 Å². The number of nitriles is 2. The van der Waals surface area contributed by atoms with Gasteiger partial charge in [-0.3, -0.25) is 0 Å². The number of unbranched alkanes of at least 4 members (excludes halogenated alkanes) is 1. The van der Waals surface area contributed by atoms with Crippen molar-refractivity contribution in [3.05, 3.63) is 0 Å². The summed E-state index contributed by atoms with van der Waals surface area (Å²) in [5, 5.41) is 16.6. The Morgan fingerprint density at radius 2 is 1.90 bits per heavy atom. The second-order valence-electron chi connectivity index (χ2n) is 1.91. The Labute approximate surface area is 61.1 Å². The first-order valence-corrected chi connectivity index (χ1v) is 3.08. The molecule has 50 valence electrons. The lowest BCUT2D eigenvalue weighted by Gasteiger charge is -1.93. The molecular formula is C8H8N2. The molecule has 0 aromatic heterocycles. The SMILES string of the molecule is C#CCCCC(C#N)C#N. The molecule has 2 heteroatoms. The summed E-state index contributed by atoms with van der Waals surface area (Å²) in [6.07, 6.45) is 7.00. The molecule has 0 aliphatic rings. The molecule has 0 atom stereocenters. The smallest absolute Gasteiger partial charge is 0.133 e. The van der Waals surface area contributed by atoms with Gasteiger partial charge in [-0.25, -0.2) is 0 Å². The summed E-state index contributed by atoms with van der Waals surface area (Å²) in [7, 11) is 0. The van der Waals surface area contributed by atoms with Crippen LogP contribution in [-0.2, 0) is 0 Å². The van der Waals surface area contributed by atoms with Crippen LogP contribution in [0.4, 0.5) is 0 Å². The highest BCUT2D eigenvalue weighted by molar-refractivity contribution is 4.99. The molecule has 0 aromatic rings. The van der Waals surface area contributed by atoms with Crippen LogP contribution in [0.25, 0.3) is 0 Å². The fourth-order valence-electron chi connectivity index (χ4n) is 0.566. The Balaban J connectivity index is 3.43. The van der Waals surface area contributed by atoms with Gasteiger partial charge in [-0.05, 0) is 12.8 Å². The van der Waals surface area contributed by atoms with Crippen molar-refractivity contribution < 1.29 is 0 Å². The minimum Gasteiger partial charge on any atom is -0.197 e. The van der Waals surface area contributed by atoms with Crippen molar-refractivity contribution in [2.75, 3.05) is 0 Å². The third kappa shape index (κ3) is 3.53. The zero-order chi connectivity index (χ0) is 7.82. The van der Waals surface area contributed by atoms with E-state index in [0.717, 1.165) is 6.42 Å². The minimum atomic E-state index is -0.478. The number of terminal acetylenes is 1. The fourth-order valence-corrected chi connectivity index (χ4v) is 0.566. The van der Waals surface area contributed by atoms with Gasteiger partial charge in [0, 0.05) is 6.42 Å². The summed E-state index contributed by atoms with van der Waals surface area (Å²) in [6.45, 7) is 0. The van der Waals surface area contributed by atoms with E-state index in [0.29, 0.717) is 12.8 Å². The topological polar surface area (TPSA) is 47.6 Å². The van der Waals surface area contributed by atoms with Gasteiger partial charge in [-0.2, -0.15) is 10.5 Å². The van der Waals surface area contributed by atoms with Gasteiger partial charge in [-0.1, -0.05) is 0 Å². The maximum atomic E-state index is 8.30. The van der Waals surface area contributed by atoms with E-state index in [4.69, 9.17) is 16.9 Å². The zero-order valence-corrected chi connectivity index (χ0v) is 5.67. The molecule has 0 N–H and O–H groups in total. The van der Waals surface area contributed by atoms with E-state index in [1.165, 1.54) is 0 Å². The predicted molar refractivity (Wildman–Crippen MR) is 37.4 cm³/mol. The summed E-state index contributed by atoms with van der Waals surface area (Å²) in [5.41, 5.74) is 0. The Bertz CT molecular complexity index is 185. The molecule has 2 nitrogen and oxygen atoms in total. The molecule has 0 unspecified atom stereocenters. The molecule has 0 saturated heterocycles. The summed E-state index contributed by atoms with van der Waals surface area (Å²) >= 11 is 0. The Kier molecular flexibility index (Phi) is 4.84. The van der Waals surface area contributed by atoms with Gasteiger partial charge < -0.3 is 0 Å². The molecule has 0 aliphatic carbocycles. The third-order valence-corrected chi connectivity index (χ3v) is 1.13. The highest BCUT2D eigenvalue weighted by atomic mass is 14.3. The summed E-state index contributed by atoms with van der Waals surface area (Å²) in [5.74, 6) is 1.97. The van der Waals surface area contributed by atoms with Crippen LogP contribution in [0.3, 0.4) is 0 Å². The van der Waals surface area contributed by atoms with E-state index >= 15 is 0 Å². The Hall–Kier alpha value is -1.46. The monoisotopic (exact) mass is 132 g/mol. The highest BCUT2D eigenvalue weighted by Gasteiger charge is 2.02. The largest absolute Gasteiger partial charge is 0.197 e. The molecule has 0 bridgehead atoms. The van der Waals surface area contributed by atoms with Gasteiger partial charge in [0.15, 0.2) is 0 Å². The van der Waals surface area contributed by atoms with E-state index in [-0.39, 0.29) is 0 Å². The summed E-state index contributed by atoms with van der Waals surface area (Å²) < 4.78 is 0. The van der Waals surface area contributed by atoms with Crippen molar-refractivity contribution in [2.24, 2.45) is 5.92 Å². The van der Waals surface area contributed by atoms with Crippen molar-refractivity contribution in [2.45, 2.75) is 19.3 Å². The van der Waals surface area contributed by atoms with Gasteiger partial charge >= 0.3 is 0 Å². The zero-order valence-electron chi connectivity index (χ0n) is 5.67. The molecule has 0 heterocycles. The van der Waals surface area contributed by atoms with Crippen LogP contribution >= 0.6 is 0 Å². The molecule has 0 rings (SSSR count). The van der Waals surface area contributed by atoms with Crippen molar-refractivity contribution >= 4 is 0 Å². The normalized spacial score (nSPS) is 7.80. The van der Waals surface area contributed by atoms with Crippen molar-refractivity contribution in [3.63, 3.8) is 0 Å². The summed E-state index contributed by atoms with van der Waals surface area (Å²) in [6, 6.07) is 3.76. The highest BCUT2D eigenvalue weighted by Crippen LogP contribution is 2.04. The Morgan fingerprint density at radius 1 is 1.30 bits per heavy atom. The van der Waals surface area contributed by atoms with E-state index < -0.39 is 5.92 Å². The molecule has 0 amide bonds. The first kappa shape index (κ1) is 8.54. The first-order chi connectivity index (χ1) is 4.85. The average molecular weight is 132 g/mol. The van der Waals surface area contributed by atoms with Gasteiger partial charge in [0.05, 0.1) is 12.1 Å². The Morgan fingerprint density at radius 3 is 2.30 bits per heavy atom. The lowest BCUT2D eigenvalue weighted by atomic mass is 10.1. The molecular weight excluding hydrogens is 124 g/mol. The van der Waals surface area contributed by atoms with E-state index in [2.05, 4.69) is 5.92 Å². The standard InChI is InChI=1S/C8H8N2/c1-2-3-4-5-8(6-9)7-10/h1,8H,3-5H2. The van der Waals surface area contributed by atoms with Gasteiger partial charge in [0.1, 0.15) is 5.92 Å². The third-order valence-electron chi connectivity index (χ3n) is 1.13. The van der Waals surface area contributed by atoms with Crippen molar-refractivity contribution in [1.82, 2.24) is 0 Å². The molecule has 0 aromatic carbocycles. The number of rotatable bonds is 3. The number of hydrogen-bond acceptors (Lipinski definition) is 2. The number of hydrogen-bond donors (Lipinski definition) is 0. The predicted octanol–water partition coefficient (Wildman–Crippen LogP) is 1.45. The lowest BCUT2D eigenvalue weighted by Crippen LogP contribution is -1.91. The maximum absolute atomic E-state index is 8.30. The van der Waals surface area contributed by atoms with Crippen LogP contribution in [0.1, 0.15) is 19.3 Å². The van der Waals surface area contributed by atoms with Crippen LogP contribution < -0.4 is 0 Å². The van der Waals surface area contributed by atoms with E-state index in [1.54, 1.807) is 0 Å². The molecule has 10 heavy (non-hydrogen) atoms.